The monoisotopic (exact) mass is 238 g/mol. The summed E-state index contributed by atoms with van der Waals surface area (Å²) in [5, 5.41) is 7.43. The number of rotatable bonds is 5. The summed E-state index contributed by atoms with van der Waals surface area (Å²) in [7, 11) is 4.10. The fraction of sp³-hybridized carbons (Fsp3) is 0.833. The molecule has 0 spiro atoms. The molecule has 0 amide bonds. The van der Waals surface area contributed by atoms with E-state index in [4.69, 9.17) is 4.52 Å². The maximum absolute atomic E-state index is 5.29. The van der Waals surface area contributed by atoms with Crippen LogP contribution in [0.25, 0.3) is 0 Å². The van der Waals surface area contributed by atoms with Crippen molar-refractivity contribution in [3.05, 3.63) is 11.7 Å². The molecule has 1 aromatic rings. The van der Waals surface area contributed by atoms with Gasteiger partial charge in [0.2, 0.25) is 5.89 Å². The quantitative estimate of drug-likeness (QED) is 0.819. The molecule has 1 aliphatic rings. The third-order valence-electron chi connectivity index (χ3n) is 3.16. The maximum Gasteiger partial charge on any atom is 0.226 e. The van der Waals surface area contributed by atoms with Gasteiger partial charge in [-0.1, -0.05) is 5.16 Å². The van der Waals surface area contributed by atoms with Crippen LogP contribution in [0.2, 0.25) is 0 Å². The number of likely N-dealkylation sites (N-methyl/N-ethyl adjacent to an activating group) is 1. The van der Waals surface area contributed by atoms with Crippen LogP contribution in [0, 0.1) is 5.92 Å². The lowest BCUT2D eigenvalue weighted by molar-refractivity contribution is 0.313. The van der Waals surface area contributed by atoms with Gasteiger partial charge < -0.3 is 14.7 Å². The zero-order valence-electron chi connectivity index (χ0n) is 10.8. The van der Waals surface area contributed by atoms with Gasteiger partial charge in [-0.2, -0.15) is 4.98 Å². The molecule has 1 aromatic heterocycles. The molecule has 0 aromatic carbocycles. The van der Waals surface area contributed by atoms with Crippen molar-refractivity contribution in [1.29, 1.82) is 0 Å². The standard InChI is InChI=1S/C12H22N4O/c1-16(2)7-5-11-14-12(17-15-11)8-10-4-3-6-13-9-10/h10,13H,3-9H2,1-2H3. The van der Waals surface area contributed by atoms with Gasteiger partial charge in [0, 0.05) is 19.4 Å². The van der Waals surface area contributed by atoms with E-state index >= 15 is 0 Å². The van der Waals surface area contributed by atoms with E-state index < -0.39 is 0 Å². The van der Waals surface area contributed by atoms with Gasteiger partial charge in [-0.15, -0.1) is 0 Å². The molecular formula is C12H22N4O. The summed E-state index contributed by atoms with van der Waals surface area (Å²) in [5.41, 5.74) is 0. The zero-order valence-corrected chi connectivity index (χ0v) is 10.8. The Labute approximate surface area is 103 Å². The Kier molecular flexibility index (Phi) is 4.50. The lowest BCUT2D eigenvalue weighted by Crippen LogP contribution is -2.30. The Bertz CT molecular complexity index is 331. The molecule has 2 heterocycles. The van der Waals surface area contributed by atoms with Crippen LogP contribution in [0.4, 0.5) is 0 Å². The summed E-state index contributed by atoms with van der Waals surface area (Å²) in [4.78, 5) is 6.57. The first kappa shape index (κ1) is 12.5. The van der Waals surface area contributed by atoms with Gasteiger partial charge in [-0.3, -0.25) is 0 Å². The van der Waals surface area contributed by atoms with Crippen LogP contribution in [-0.2, 0) is 12.8 Å². The highest BCUT2D eigenvalue weighted by Gasteiger charge is 2.17. The molecule has 2 rings (SSSR count). The van der Waals surface area contributed by atoms with Crippen molar-refractivity contribution in [2.75, 3.05) is 33.7 Å². The van der Waals surface area contributed by atoms with Crippen molar-refractivity contribution in [2.24, 2.45) is 5.92 Å². The highest BCUT2D eigenvalue weighted by atomic mass is 16.5. The van der Waals surface area contributed by atoms with Gasteiger partial charge >= 0.3 is 0 Å². The molecule has 1 fully saturated rings. The number of piperidine rings is 1. The van der Waals surface area contributed by atoms with Gasteiger partial charge in [0.25, 0.3) is 0 Å². The first-order valence-electron chi connectivity index (χ1n) is 6.41. The molecule has 0 aliphatic carbocycles. The highest BCUT2D eigenvalue weighted by Crippen LogP contribution is 2.15. The van der Waals surface area contributed by atoms with Crippen molar-refractivity contribution in [1.82, 2.24) is 20.4 Å². The Morgan fingerprint density at radius 2 is 2.35 bits per heavy atom. The smallest absolute Gasteiger partial charge is 0.226 e. The summed E-state index contributed by atoms with van der Waals surface area (Å²) in [6.45, 7) is 3.19. The van der Waals surface area contributed by atoms with E-state index in [0.29, 0.717) is 5.92 Å². The van der Waals surface area contributed by atoms with Crippen LogP contribution in [0.15, 0.2) is 4.52 Å². The fourth-order valence-electron chi connectivity index (χ4n) is 2.14. The number of aromatic nitrogens is 2. The third-order valence-corrected chi connectivity index (χ3v) is 3.16. The third kappa shape index (κ3) is 4.09. The molecule has 5 nitrogen and oxygen atoms in total. The number of nitrogens with one attached hydrogen (secondary N) is 1. The fourth-order valence-corrected chi connectivity index (χ4v) is 2.14. The van der Waals surface area contributed by atoms with Crippen molar-refractivity contribution in [3.8, 4) is 0 Å². The normalized spacial score (nSPS) is 21.0. The van der Waals surface area contributed by atoms with Crippen LogP contribution in [0.5, 0.6) is 0 Å². The van der Waals surface area contributed by atoms with Crippen LogP contribution in [0.3, 0.4) is 0 Å². The SMILES string of the molecule is CN(C)CCc1noc(CC2CCCNC2)n1. The molecule has 96 valence electrons. The van der Waals surface area contributed by atoms with Crippen molar-refractivity contribution < 1.29 is 4.52 Å². The molecule has 1 saturated heterocycles. The van der Waals surface area contributed by atoms with Crippen LogP contribution in [0.1, 0.15) is 24.6 Å². The predicted octanol–water partition coefficient (Wildman–Crippen LogP) is 0.716. The van der Waals surface area contributed by atoms with E-state index in [1.54, 1.807) is 0 Å². The van der Waals surface area contributed by atoms with Gasteiger partial charge in [-0.25, -0.2) is 0 Å². The van der Waals surface area contributed by atoms with Crippen LogP contribution < -0.4 is 5.32 Å². The maximum atomic E-state index is 5.29. The largest absolute Gasteiger partial charge is 0.339 e. The second-order valence-corrected chi connectivity index (χ2v) is 5.07. The molecular weight excluding hydrogens is 216 g/mol. The molecule has 0 bridgehead atoms. The summed E-state index contributed by atoms with van der Waals surface area (Å²) in [5.74, 6) is 2.29. The van der Waals surface area contributed by atoms with Crippen molar-refractivity contribution >= 4 is 0 Å². The van der Waals surface area contributed by atoms with Crippen LogP contribution in [-0.4, -0.2) is 48.8 Å². The topological polar surface area (TPSA) is 54.2 Å². The van der Waals surface area contributed by atoms with E-state index in [0.717, 1.165) is 44.2 Å². The molecule has 1 aliphatic heterocycles. The van der Waals surface area contributed by atoms with Gasteiger partial charge in [-0.05, 0) is 45.9 Å². The zero-order chi connectivity index (χ0) is 12.1. The van der Waals surface area contributed by atoms with Crippen molar-refractivity contribution in [2.45, 2.75) is 25.7 Å². The van der Waals surface area contributed by atoms with Gasteiger partial charge in [0.15, 0.2) is 5.82 Å². The van der Waals surface area contributed by atoms with E-state index in [1.807, 2.05) is 0 Å². The molecule has 0 radical (unpaired) electrons. The molecule has 1 N–H and O–H groups in total. The summed E-state index contributed by atoms with van der Waals surface area (Å²) in [6.07, 6.45) is 4.30. The first-order chi connectivity index (χ1) is 8.24. The first-order valence-corrected chi connectivity index (χ1v) is 6.41. The van der Waals surface area contributed by atoms with E-state index in [9.17, 15) is 0 Å². The molecule has 17 heavy (non-hydrogen) atoms. The summed E-state index contributed by atoms with van der Waals surface area (Å²) < 4.78 is 5.29. The summed E-state index contributed by atoms with van der Waals surface area (Å²) in [6, 6.07) is 0. The number of hydrogen-bond donors (Lipinski definition) is 1. The molecule has 0 saturated carbocycles. The average Bonchev–Trinajstić information content (AvgIpc) is 2.75. The molecule has 5 heteroatoms. The molecule has 1 unspecified atom stereocenters. The van der Waals surface area contributed by atoms with E-state index in [2.05, 4.69) is 34.5 Å². The van der Waals surface area contributed by atoms with Crippen molar-refractivity contribution in [3.63, 3.8) is 0 Å². The Morgan fingerprint density at radius 1 is 1.47 bits per heavy atom. The van der Waals surface area contributed by atoms with Crippen LogP contribution >= 0.6 is 0 Å². The summed E-state index contributed by atoms with van der Waals surface area (Å²) >= 11 is 0. The number of nitrogens with zero attached hydrogens (tertiary/aromatic N) is 3. The van der Waals surface area contributed by atoms with Gasteiger partial charge in [0.1, 0.15) is 0 Å². The minimum absolute atomic E-state index is 0.658. The lowest BCUT2D eigenvalue weighted by atomic mass is 9.96. The Hall–Kier alpha value is -0.940. The van der Waals surface area contributed by atoms with E-state index in [-0.39, 0.29) is 0 Å². The number of hydrogen-bond acceptors (Lipinski definition) is 5. The highest BCUT2D eigenvalue weighted by molar-refractivity contribution is 4.89. The second-order valence-electron chi connectivity index (χ2n) is 5.07. The predicted molar refractivity (Wildman–Crippen MR) is 65.9 cm³/mol. The van der Waals surface area contributed by atoms with Gasteiger partial charge in [0.05, 0.1) is 0 Å². The Balaban J connectivity index is 1.80. The van der Waals surface area contributed by atoms with E-state index in [1.165, 1.54) is 12.8 Å². The minimum atomic E-state index is 0.658. The second kappa shape index (κ2) is 6.12. The minimum Gasteiger partial charge on any atom is -0.339 e. The Morgan fingerprint density at radius 3 is 3.06 bits per heavy atom. The lowest BCUT2D eigenvalue weighted by Gasteiger charge is -2.20. The average molecular weight is 238 g/mol. The molecule has 1 atom stereocenters.